The number of esters is 1. The van der Waals surface area contributed by atoms with Crippen LogP contribution < -0.4 is 11.1 Å². The zero-order valence-electron chi connectivity index (χ0n) is 12.1. The van der Waals surface area contributed by atoms with Crippen molar-refractivity contribution in [2.75, 3.05) is 12.4 Å². The number of nitrogens with one attached hydrogen (secondary N) is 1. The molecule has 21 heavy (non-hydrogen) atoms. The number of ether oxygens (including phenoxy) is 1. The third-order valence-corrected chi connectivity index (χ3v) is 4.50. The van der Waals surface area contributed by atoms with Gasteiger partial charge in [-0.05, 0) is 40.9 Å². The molecule has 0 radical (unpaired) electrons. The third-order valence-electron chi connectivity index (χ3n) is 3.41. The largest absolute Gasteiger partial charge is 0.465 e. The molecule has 0 saturated carbocycles. The number of rotatable bonds is 5. The van der Waals surface area contributed by atoms with Crippen LogP contribution in [0.4, 0.5) is 5.69 Å². The second-order valence-electron chi connectivity index (χ2n) is 4.62. The first-order valence-electron chi connectivity index (χ1n) is 6.46. The molecule has 1 rings (SSSR count). The summed E-state index contributed by atoms with van der Waals surface area (Å²) in [5.74, 6) is -0.872. The summed E-state index contributed by atoms with van der Waals surface area (Å²) in [5, 5.41) is 2.73. The molecule has 1 aromatic rings. The SMILES string of the molecule is CCC(N)(CC)C(=O)Nc1c(Br)cc(Br)cc1C(=O)OC. The summed E-state index contributed by atoms with van der Waals surface area (Å²) >= 11 is 6.64. The molecule has 0 spiro atoms. The number of hydrogen-bond acceptors (Lipinski definition) is 4. The fourth-order valence-electron chi connectivity index (χ4n) is 1.78. The first-order chi connectivity index (χ1) is 9.78. The van der Waals surface area contributed by atoms with Crippen LogP contribution in [0.3, 0.4) is 0 Å². The lowest BCUT2D eigenvalue weighted by Crippen LogP contribution is -2.50. The Labute approximate surface area is 140 Å². The molecule has 0 bridgehead atoms. The summed E-state index contributed by atoms with van der Waals surface area (Å²) in [5.41, 5.74) is 5.71. The van der Waals surface area contributed by atoms with Crippen molar-refractivity contribution in [3.63, 3.8) is 0 Å². The number of nitrogens with two attached hydrogens (primary N) is 1. The maximum absolute atomic E-state index is 12.4. The van der Waals surface area contributed by atoms with Crippen molar-refractivity contribution in [1.29, 1.82) is 0 Å². The van der Waals surface area contributed by atoms with Gasteiger partial charge >= 0.3 is 5.97 Å². The summed E-state index contributed by atoms with van der Waals surface area (Å²) < 4.78 is 6.01. The van der Waals surface area contributed by atoms with Crippen molar-refractivity contribution in [3.8, 4) is 0 Å². The Morgan fingerprint density at radius 1 is 1.29 bits per heavy atom. The van der Waals surface area contributed by atoms with Crippen LogP contribution in [0.15, 0.2) is 21.1 Å². The second-order valence-corrected chi connectivity index (χ2v) is 6.39. The van der Waals surface area contributed by atoms with Crippen LogP contribution in [0.5, 0.6) is 0 Å². The van der Waals surface area contributed by atoms with Crippen LogP contribution in [-0.2, 0) is 9.53 Å². The molecule has 0 atom stereocenters. The van der Waals surface area contributed by atoms with E-state index in [2.05, 4.69) is 37.2 Å². The van der Waals surface area contributed by atoms with E-state index in [9.17, 15) is 9.59 Å². The van der Waals surface area contributed by atoms with Crippen molar-refractivity contribution in [3.05, 3.63) is 26.6 Å². The van der Waals surface area contributed by atoms with Gasteiger partial charge in [-0.2, -0.15) is 0 Å². The van der Waals surface area contributed by atoms with Gasteiger partial charge in [0.25, 0.3) is 0 Å². The molecular formula is C14H18Br2N2O3. The lowest BCUT2D eigenvalue weighted by molar-refractivity contribution is -0.121. The Bertz CT molecular complexity index is 557. The molecule has 5 nitrogen and oxygen atoms in total. The zero-order chi connectivity index (χ0) is 16.2. The van der Waals surface area contributed by atoms with Gasteiger partial charge in [-0.25, -0.2) is 4.79 Å². The molecule has 0 saturated heterocycles. The van der Waals surface area contributed by atoms with Gasteiger partial charge in [0, 0.05) is 8.95 Å². The van der Waals surface area contributed by atoms with Crippen LogP contribution in [0, 0.1) is 0 Å². The summed E-state index contributed by atoms with van der Waals surface area (Å²) in [6, 6.07) is 3.32. The van der Waals surface area contributed by atoms with Crippen molar-refractivity contribution in [2.45, 2.75) is 32.2 Å². The van der Waals surface area contributed by atoms with Crippen molar-refractivity contribution in [2.24, 2.45) is 5.73 Å². The van der Waals surface area contributed by atoms with Gasteiger partial charge in [-0.1, -0.05) is 29.8 Å². The molecule has 1 aromatic carbocycles. The minimum atomic E-state index is -0.972. The summed E-state index contributed by atoms with van der Waals surface area (Å²) in [7, 11) is 1.29. The molecule has 0 unspecified atom stereocenters. The molecule has 0 aliphatic heterocycles. The van der Waals surface area contributed by atoms with Gasteiger partial charge in [0.05, 0.1) is 23.9 Å². The average Bonchev–Trinajstić information content (AvgIpc) is 2.47. The Morgan fingerprint density at radius 2 is 1.86 bits per heavy atom. The van der Waals surface area contributed by atoms with E-state index >= 15 is 0 Å². The zero-order valence-corrected chi connectivity index (χ0v) is 15.3. The number of anilines is 1. The Hall–Kier alpha value is -0.920. The van der Waals surface area contributed by atoms with E-state index in [1.54, 1.807) is 12.1 Å². The molecule has 0 aliphatic rings. The van der Waals surface area contributed by atoms with Crippen molar-refractivity contribution in [1.82, 2.24) is 0 Å². The maximum atomic E-state index is 12.4. The van der Waals surface area contributed by atoms with Crippen LogP contribution in [0.1, 0.15) is 37.0 Å². The third kappa shape index (κ3) is 4.05. The normalized spacial score (nSPS) is 11.1. The van der Waals surface area contributed by atoms with Crippen molar-refractivity contribution < 1.29 is 14.3 Å². The molecule has 3 N–H and O–H groups in total. The molecule has 1 amide bonds. The molecule has 0 heterocycles. The minimum absolute atomic E-state index is 0.252. The predicted octanol–water partition coefficient (Wildman–Crippen LogP) is 3.45. The van der Waals surface area contributed by atoms with E-state index < -0.39 is 11.5 Å². The number of halogens is 2. The first kappa shape index (κ1) is 18.1. The molecule has 0 fully saturated rings. The Kier molecular flexibility index (Phi) is 6.37. The van der Waals surface area contributed by atoms with E-state index in [0.717, 1.165) is 0 Å². The maximum Gasteiger partial charge on any atom is 0.340 e. The Balaban J connectivity index is 3.25. The van der Waals surface area contributed by atoms with Crippen LogP contribution in [-0.4, -0.2) is 24.5 Å². The topological polar surface area (TPSA) is 81.4 Å². The van der Waals surface area contributed by atoms with E-state index in [-0.39, 0.29) is 11.5 Å². The lowest BCUT2D eigenvalue weighted by Gasteiger charge is -2.26. The number of methoxy groups -OCH3 is 1. The monoisotopic (exact) mass is 420 g/mol. The van der Waals surface area contributed by atoms with E-state index in [1.165, 1.54) is 7.11 Å². The van der Waals surface area contributed by atoms with E-state index in [0.29, 0.717) is 27.5 Å². The van der Waals surface area contributed by atoms with E-state index in [1.807, 2.05) is 13.8 Å². The highest BCUT2D eigenvalue weighted by Gasteiger charge is 2.31. The van der Waals surface area contributed by atoms with Gasteiger partial charge < -0.3 is 15.8 Å². The molecular weight excluding hydrogens is 404 g/mol. The average molecular weight is 422 g/mol. The predicted molar refractivity (Wildman–Crippen MR) is 89.3 cm³/mol. The van der Waals surface area contributed by atoms with Crippen LogP contribution in [0.2, 0.25) is 0 Å². The molecule has 116 valence electrons. The van der Waals surface area contributed by atoms with Gasteiger partial charge in [0.2, 0.25) is 5.91 Å². The number of amides is 1. The highest BCUT2D eigenvalue weighted by Crippen LogP contribution is 2.32. The highest BCUT2D eigenvalue weighted by atomic mass is 79.9. The molecule has 7 heteroatoms. The van der Waals surface area contributed by atoms with Crippen molar-refractivity contribution >= 4 is 49.4 Å². The van der Waals surface area contributed by atoms with Gasteiger partial charge in [-0.3, -0.25) is 4.79 Å². The Morgan fingerprint density at radius 3 is 2.33 bits per heavy atom. The smallest absolute Gasteiger partial charge is 0.340 e. The van der Waals surface area contributed by atoms with E-state index in [4.69, 9.17) is 10.5 Å². The van der Waals surface area contributed by atoms with Crippen LogP contribution in [0.25, 0.3) is 0 Å². The molecule has 0 aliphatic carbocycles. The van der Waals surface area contributed by atoms with Gasteiger partial charge in [-0.15, -0.1) is 0 Å². The number of carbonyl (C=O) groups is 2. The fourth-order valence-corrected chi connectivity index (χ4v) is 3.11. The molecule has 0 aromatic heterocycles. The van der Waals surface area contributed by atoms with Crippen LogP contribution >= 0.6 is 31.9 Å². The number of hydrogen-bond donors (Lipinski definition) is 2. The fraction of sp³-hybridized carbons (Fsp3) is 0.429. The summed E-state index contributed by atoms with van der Waals surface area (Å²) in [6.07, 6.45) is 0.994. The second kappa shape index (κ2) is 7.38. The van der Waals surface area contributed by atoms with Gasteiger partial charge in [0.15, 0.2) is 0 Å². The van der Waals surface area contributed by atoms with Gasteiger partial charge in [0.1, 0.15) is 0 Å². The number of benzene rings is 1. The number of carbonyl (C=O) groups excluding carboxylic acids is 2. The highest BCUT2D eigenvalue weighted by molar-refractivity contribution is 9.11. The first-order valence-corrected chi connectivity index (χ1v) is 8.05. The minimum Gasteiger partial charge on any atom is -0.465 e. The summed E-state index contributed by atoms with van der Waals surface area (Å²) in [6.45, 7) is 3.70. The quantitative estimate of drug-likeness (QED) is 0.713. The standard InChI is InChI=1S/C14H18Br2N2O3/c1-4-14(17,5-2)13(20)18-11-9(12(19)21-3)6-8(15)7-10(11)16/h6-7H,4-5,17H2,1-3H3,(H,18,20). The summed E-state index contributed by atoms with van der Waals surface area (Å²) in [4.78, 5) is 24.2. The lowest BCUT2D eigenvalue weighted by atomic mass is 9.93.